The van der Waals surface area contributed by atoms with Crippen molar-refractivity contribution >= 4 is 0 Å². The molecule has 0 bridgehead atoms. The SMILES string of the molecule is NC1CCCC(CNC2CC2)C1. The van der Waals surface area contributed by atoms with Crippen LogP contribution < -0.4 is 11.1 Å². The largest absolute Gasteiger partial charge is 0.328 e. The Morgan fingerprint density at radius 1 is 1.17 bits per heavy atom. The van der Waals surface area contributed by atoms with Gasteiger partial charge in [-0.1, -0.05) is 6.42 Å². The fraction of sp³-hybridized carbons (Fsp3) is 1.00. The van der Waals surface area contributed by atoms with Crippen molar-refractivity contribution in [3.8, 4) is 0 Å². The first-order valence-corrected chi connectivity index (χ1v) is 5.33. The van der Waals surface area contributed by atoms with Gasteiger partial charge in [-0.3, -0.25) is 0 Å². The zero-order valence-electron chi connectivity index (χ0n) is 7.76. The molecule has 2 atom stereocenters. The minimum absolute atomic E-state index is 0.491. The van der Waals surface area contributed by atoms with E-state index in [0.29, 0.717) is 6.04 Å². The lowest BCUT2D eigenvalue weighted by atomic mass is 9.86. The van der Waals surface area contributed by atoms with Crippen molar-refractivity contribution in [1.29, 1.82) is 0 Å². The highest BCUT2D eigenvalue weighted by molar-refractivity contribution is 4.83. The van der Waals surface area contributed by atoms with Crippen LogP contribution in [0, 0.1) is 5.92 Å². The Hall–Kier alpha value is -0.0800. The van der Waals surface area contributed by atoms with Gasteiger partial charge >= 0.3 is 0 Å². The van der Waals surface area contributed by atoms with Crippen molar-refractivity contribution in [2.45, 2.75) is 50.6 Å². The Morgan fingerprint density at radius 2 is 2.00 bits per heavy atom. The molecule has 2 fully saturated rings. The molecule has 2 nitrogen and oxygen atoms in total. The van der Waals surface area contributed by atoms with E-state index < -0.39 is 0 Å². The number of hydrogen-bond acceptors (Lipinski definition) is 2. The average molecular weight is 168 g/mol. The third-order valence-electron chi connectivity index (χ3n) is 3.10. The van der Waals surface area contributed by atoms with E-state index in [0.717, 1.165) is 12.0 Å². The molecule has 70 valence electrons. The minimum atomic E-state index is 0.491. The third kappa shape index (κ3) is 2.46. The van der Waals surface area contributed by atoms with E-state index in [1.54, 1.807) is 0 Å². The van der Waals surface area contributed by atoms with E-state index in [1.807, 2.05) is 0 Å². The molecule has 2 unspecified atom stereocenters. The summed E-state index contributed by atoms with van der Waals surface area (Å²) in [5, 5.41) is 3.59. The first-order chi connectivity index (χ1) is 5.84. The number of rotatable bonds is 3. The Labute approximate surface area is 74.9 Å². The minimum Gasteiger partial charge on any atom is -0.328 e. The van der Waals surface area contributed by atoms with E-state index in [-0.39, 0.29) is 0 Å². The van der Waals surface area contributed by atoms with Crippen molar-refractivity contribution in [3.05, 3.63) is 0 Å². The van der Waals surface area contributed by atoms with Crippen LogP contribution in [-0.4, -0.2) is 18.6 Å². The molecule has 2 aliphatic carbocycles. The van der Waals surface area contributed by atoms with E-state index in [2.05, 4.69) is 5.32 Å². The van der Waals surface area contributed by atoms with E-state index in [9.17, 15) is 0 Å². The van der Waals surface area contributed by atoms with Crippen molar-refractivity contribution < 1.29 is 0 Å². The Morgan fingerprint density at radius 3 is 2.67 bits per heavy atom. The average Bonchev–Trinajstić information content (AvgIpc) is 2.84. The van der Waals surface area contributed by atoms with Gasteiger partial charge < -0.3 is 11.1 Å². The topological polar surface area (TPSA) is 38.0 Å². The van der Waals surface area contributed by atoms with Crippen LogP contribution in [0.3, 0.4) is 0 Å². The Bertz CT molecular complexity index is 143. The molecule has 0 amide bonds. The second kappa shape index (κ2) is 3.75. The maximum absolute atomic E-state index is 5.92. The summed E-state index contributed by atoms with van der Waals surface area (Å²) in [5.41, 5.74) is 5.92. The Balaban J connectivity index is 1.64. The zero-order chi connectivity index (χ0) is 8.39. The van der Waals surface area contributed by atoms with Crippen LogP contribution >= 0.6 is 0 Å². The van der Waals surface area contributed by atoms with Gasteiger partial charge in [0.15, 0.2) is 0 Å². The van der Waals surface area contributed by atoms with E-state index >= 15 is 0 Å². The second-order valence-electron chi connectivity index (χ2n) is 4.48. The molecule has 2 aliphatic rings. The lowest BCUT2D eigenvalue weighted by Crippen LogP contribution is -2.33. The number of hydrogen-bond donors (Lipinski definition) is 2. The second-order valence-corrected chi connectivity index (χ2v) is 4.48. The highest BCUT2D eigenvalue weighted by Crippen LogP contribution is 2.24. The zero-order valence-corrected chi connectivity index (χ0v) is 7.76. The maximum atomic E-state index is 5.92. The third-order valence-corrected chi connectivity index (χ3v) is 3.10. The van der Waals surface area contributed by atoms with Crippen molar-refractivity contribution in [3.63, 3.8) is 0 Å². The molecular formula is C10H20N2. The summed E-state index contributed by atoms with van der Waals surface area (Å²) in [5.74, 6) is 0.870. The van der Waals surface area contributed by atoms with Gasteiger partial charge in [0.25, 0.3) is 0 Å². The van der Waals surface area contributed by atoms with Gasteiger partial charge in [-0.2, -0.15) is 0 Å². The molecule has 3 N–H and O–H groups in total. The smallest absolute Gasteiger partial charge is 0.00683 e. The summed E-state index contributed by atoms with van der Waals surface area (Å²) in [4.78, 5) is 0. The fourth-order valence-corrected chi connectivity index (χ4v) is 2.14. The molecule has 12 heavy (non-hydrogen) atoms. The van der Waals surface area contributed by atoms with Gasteiger partial charge in [0.2, 0.25) is 0 Å². The molecule has 0 spiro atoms. The highest BCUT2D eigenvalue weighted by Gasteiger charge is 2.24. The lowest BCUT2D eigenvalue weighted by Gasteiger charge is -2.26. The molecule has 2 heteroatoms. The summed E-state index contributed by atoms with van der Waals surface area (Å²) >= 11 is 0. The molecule has 2 rings (SSSR count). The van der Waals surface area contributed by atoms with Crippen LogP contribution in [0.25, 0.3) is 0 Å². The van der Waals surface area contributed by atoms with Crippen LogP contribution in [0.2, 0.25) is 0 Å². The van der Waals surface area contributed by atoms with Gasteiger partial charge in [0.05, 0.1) is 0 Å². The maximum Gasteiger partial charge on any atom is 0.00683 e. The monoisotopic (exact) mass is 168 g/mol. The summed E-state index contributed by atoms with van der Waals surface area (Å²) < 4.78 is 0. The molecule has 2 saturated carbocycles. The van der Waals surface area contributed by atoms with Gasteiger partial charge in [-0.15, -0.1) is 0 Å². The lowest BCUT2D eigenvalue weighted by molar-refractivity contribution is 0.310. The molecule has 0 aromatic heterocycles. The number of nitrogens with two attached hydrogens (primary N) is 1. The molecule has 0 aromatic carbocycles. The predicted molar refractivity (Wildman–Crippen MR) is 51.0 cm³/mol. The van der Waals surface area contributed by atoms with Crippen LogP contribution in [-0.2, 0) is 0 Å². The molecule has 0 aromatic rings. The summed E-state index contributed by atoms with van der Waals surface area (Å²) in [6, 6.07) is 1.35. The van der Waals surface area contributed by atoms with Crippen LogP contribution in [0.4, 0.5) is 0 Å². The van der Waals surface area contributed by atoms with Crippen molar-refractivity contribution in [2.24, 2.45) is 11.7 Å². The molecule has 0 saturated heterocycles. The first-order valence-electron chi connectivity index (χ1n) is 5.33. The summed E-state index contributed by atoms with van der Waals surface area (Å²) in [7, 11) is 0. The van der Waals surface area contributed by atoms with Crippen LogP contribution in [0.5, 0.6) is 0 Å². The van der Waals surface area contributed by atoms with Crippen LogP contribution in [0.1, 0.15) is 38.5 Å². The van der Waals surface area contributed by atoms with Gasteiger partial charge in [-0.05, 0) is 44.6 Å². The van der Waals surface area contributed by atoms with Crippen LogP contribution in [0.15, 0.2) is 0 Å². The summed E-state index contributed by atoms with van der Waals surface area (Å²) in [6.45, 7) is 1.22. The quantitative estimate of drug-likeness (QED) is 0.665. The standard InChI is InChI=1S/C10H20N2/c11-9-3-1-2-8(6-9)7-12-10-4-5-10/h8-10,12H,1-7,11H2. The van der Waals surface area contributed by atoms with Crippen molar-refractivity contribution in [2.75, 3.05) is 6.54 Å². The van der Waals surface area contributed by atoms with E-state index in [1.165, 1.54) is 45.1 Å². The van der Waals surface area contributed by atoms with E-state index in [4.69, 9.17) is 5.73 Å². The predicted octanol–water partition coefficient (Wildman–Crippen LogP) is 1.26. The van der Waals surface area contributed by atoms with Gasteiger partial charge in [-0.25, -0.2) is 0 Å². The fourth-order valence-electron chi connectivity index (χ4n) is 2.14. The molecule has 0 heterocycles. The first kappa shape index (κ1) is 8.52. The molecular weight excluding hydrogens is 148 g/mol. The van der Waals surface area contributed by atoms with Crippen molar-refractivity contribution in [1.82, 2.24) is 5.32 Å². The number of nitrogens with one attached hydrogen (secondary N) is 1. The van der Waals surface area contributed by atoms with Gasteiger partial charge in [0, 0.05) is 12.1 Å². The highest BCUT2D eigenvalue weighted by atomic mass is 14.9. The molecule has 0 aliphatic heterocycles. The molecule has 0 radical (unpaired) electrons. The Kier molecular flexibility index (Phi) is 2.66. The normalized spacial score (nSPS) is 36.8. The van der Waals surface area contributed by atoms with Gasteiger partial charge in [0.1, 0.15) is 0 Å². The summed E-state index contributed by atoms with van der Waals surface area (Å²) in [6.07, 6.45) is 8.04.